The average molecular weight is 305 g/mol. The Kier molecular flexibility index (Phi) is 5.23. The maximum atomic E-state index is 5.91. The van der Waals surface area contributed by atoms with Crippen LogP contribution in [0.1, 0.15) is 22.2 Å². The number of thiocarbonyl (C=S) groups is 1. The molecule has 106 valence electrons. The van der Waals surface area contributed by atoms with E-state index in [0.717, 1.165) is 23.8 Å². The largest absolute Gasteiger partial charge is 0.393 e. The molecule has 1 unspecified atom stereocenters. The number of aryl methyl sites for hydroxylation is 1. The Hall–Kier alpha value is -1.30. The zero-order valence-corrected chi connectivity index (χ0v) is 13.4. The highest BCUT2D eigenvalue weighted by molar-refractivity contribution is 7.80. The van der Waals surface area contributed by atoms with Crippen molar-refractivity contribution in [3.63, 3.8) is 0 Å². The van der Waals surface area contributed by atoms with E-state index < -0.39 is 0 Å². The van der Waals surface area contributed by atoms with Gasteiger partial charge < -0.3 is 5.73 Å². The van der Waals surface area contributed by atoms with E-state index in [9.17, 15) is 0 Å². The Morgan fingerprint density at radius 1 is 1.40 bits per heavy atom. The molecule has 0 radical (unpaired) electrons. The fraction of sp³-hybridized carbons (Fsp3) is 0.333. The summed E-state index contributed by atoms with van der Waals surface area (Å²) in [6, 6.07) is 10.2. The van der Waals surface area contributed by atoms with Gasteiger partial charge >= 0.3 is 0 Å². The van der Waals surface area contributed by atoms with Gasteiger partial charge in [0.25, 0.3) is 0 Å². The minimum atomic E-state index is 0.0796. The third kappa shape index (κ3) is 4.10. The third-order valence-corrected chi connectivity index (χ3v) is 4.24. The van der Waals surface area contributed by atoms with Gasteiger partial charge in [0.05, 0.1) is 15.7 Å². The van der Waals surface area contributed by atoms with E-state index in [1.807, 2.05) is 25.1 Å². The number of rotatable bonds is 6. The van der Waals surface area contributed by atoms with E-state index in [1.165, 1.54) is 5.56 Å². The van der Waals surface area contributed by atoms with Crippen LogP contribution in [-0.4, -0.2) is 28.5 Å². The monoisotopic (exact) mass is 305 g/mol. The molecule has 2 aromatic rings. The van der Waals surface area contributed by atoms with Gasteiger partial charge in [0.1, 0.15) is 0 Å². The van der Waals surface area contributed by atoms with E-state index in [2.05, 4.69) is 34.4 Å². The zero-order valence-electron chi connectivity index (χ0n) is 11.7. The molecule has 0 aliphatic carbocycles. The maximum Gasteiger partial charge on any atom is 0.0897 e. The van der Waals surface area contributed by atoms with Crippen molar-refractivity contribution in [1.29, 1.82) is 0 Å². The Labute approximate surface area is 129 Å². The summed E-state index contributed by atoms with van der Waals surface area (Å²) in [6.07, 6.45) is 0. The molecule has 0 saturated carbocycles. The zero-order chi connectivity index (χ0) is 14.5. The highest BCUT2D eigenvalue weighted by Crippen LogP contribution is 2.18. The van der Waals surface area contributed by atoms with Gasteiger partial charge in [-0.15, -0.1) is 11.3 Å². The van der Waals surface area contributed by atoms with Crippen molar-refractivity contribution in [2.75, 3.05) is 13.6 Å². The molecule has 0 spiro atoms. The molecule has 0 aliphatic heterocycles. The molecule has 5 heteroatoms. The standard InChI is InChI=1S/C15H19N3S2/c1-11-17-13(10-20-11)8-18(2)9-14(15(16)19)12-6-4-3-5-7-12/h3-7,10,14H,8-9H2,1-2H3,(H2,16,19). The Balaban J connectivity index is 2.03. The quantitative estimate of drug-likeness (QED) is 0.833. The second-order valence-electron chi connectivity index (χ2n) is 4.92. The lowest BCUT2D eigenvalue weighted by atomic mass is 9.98. The highest BCUT2D eigenvalue weighted by Gasteiger charge is 2.17. The van der Waals surface area contributed by atoms with Crippen molar-refractivity contribution in [2.45, 2.75) is 19.4 Å². The maximum absolute atomic E-state index is 5.91. The summed E-state index contributed by atoms with van der Waals surface area (Å²) in [5, 5.41) is 3.20. The number of hydrogen-bond acceptors (Lipinski definition) is 4. The summed E-state index contributed by atoms with van der Waals surface area (Å²) < 4.78 is 0. The lowest BCUT2D eigenvalue weighted by Crippen LogP contribution is -2.31. The van der Waals surface area contributed by atoms with Gasteiger partial charge in [-0.1, -0.05) is 42.5 Å². The topological polar surface area (TPSA) is 42.2 Å². The van der Waals surface area contributed by atoms with Crippen LogP contribution in [0, 0.1) is 6.92 Å². The molecule has 2 N–H and O–H groups in total. The predicted octanol–water partition coefficient (Wildman–Crippen LogP) is 2.95. The summed E-state index contributed by atoms with van der Waals surface area (Å²) in [4.78, 5) is 7.24. The Bertz CT molecular complexity index is 566. The van der Waals surface area contributed by atoms with Gasteiger partial charge in [0.15, 0.2) is 0 Å². The first-order valence-electron chi connectivity index (χ1n) is 6.50. The fourth-order valence-corrected chi connectivity index (χ4v) is 2.99. The number of nitrogens with two attached hydrogens (primary N) is 1. The number of nitrogens with zero attached hydrogens (tertiary/aromatic N) is 2. The lowest BCUT2D eigenvalue weighted by molar-refractivity contribution is 0.320. The van der Waals surface area contributed by atoms with Crippen LogP contribution in [0.15, 0.2) is 35.7 Å². The van der Waals surface area contributed by atoms with Crippen molar-refractivity contribution in [3.8, 4) is 0 Å². The van der Waals surface area contributed by atoms with Crippen molar-refractivity contribution in [1.82, 2.24) is 9.88 Å². The molecule has 0 fully saturated rings. The molecular weight excluding hydrogens is 286 g/mol. The normalized spacial score (nSPS) is 12.6. The van der Waals surface area contributed by atoms with Crippen molar-refractivity contribution >= 4 is 28.5 Å². The lowest BCUT2D eigenvalue weighted by Gasteiger charge is -2.23. The SMILES string of the molecule is Cc1nc(CN(C)CC(C(N)=S)c2ccccc2)cs1. The van der Waals surface area contributed by atoms with Gasteiger partial charge in [-0.3, -0.25) is 4.90 Å². The molecule has 3 nitrogen and oxygen atoms in total. The van der Waals surface area contributed by atoms with Crippen molar-refractivity contribution in [2.24, 2.45) is 5.73 Å². The Morgan fingerprint density at radius 3 is 2.65 bits per heavy atom. The number of thiazole rings is 1. The molecule has 0 amide bonds. The first-order chi connectivity index (χ1) is 9.56. The number of likely N-dealkylation sites (N-methyl/N-ethyl adjacent to an activating group) is 1. The summed E-state index contributed by atoms with van der Waals surface area (Å²) in [6.45, 7) is 3.64. The molecular formula is C15H19N3S2. The number of hydrogen-bond donors (Lipinski definition) is 1. The summed E-state index contributed by atoms with van der Waals surface area (Å²) >= 11 is 6.90. The van der Waals surface area contributed by atoms with Crippen molar-refractivity contribution in [3.05, 3.63) is 52.0 Å². The Morgan fingerprint density at radius 2 is 2.10 bits per heavy atom. The van der Waals surface area contributed by atoms with Crippen LogP contribution in [-0.2, 0) is 6.54 Å². The van der Waals surface area contributed by atoms with Gasteiger partial charge in [-0.2, -0.15) is 0 Å². The summed E-state index contributed by atoms with van der Waals surface area (Å²) in [7, 11) is 2.07. The minimum Gasteiger partial charge on any atom is -0.393 e. The van der Waals surface area contributed by atoms with Crippen LogP contribution in [0.2, 0.25) is 0 Å². The molecule has 1 aromatic carbocycles. The van der Waals surface area contributed by atoms with Gasteiger partial charge in [-0.25, -0.2) is 4.98 Å². The van der Waals surface area contributed by atoms with E-state index in [1.54, 1.807) is 11.3 Å². The first kappa shape index (κ1) is 15.1. The first-order valence-corrected chi connectivity index (χ1v) is 7.79. The van der Waals surface area contributed by atoms with Crippen LogP contribution < -0.4 is 5.73 Å². The van der Waals surface area contributed by atoms with Crippen LogP contribution in [0.5, 0.6) is 0 Å². The van der Waals surface area contributed by atoms with E-state index >= 15 is 0 Å². The fourth-order valence-electron chi connectivity index (χ4n) is 2.18. The van der Waals surface area contributed by atoms with E-state index in [4.69, 9.17) is 18.0 Å². The molecule has 0 bridgehead atoms. The van der Waals surface area contributed by atoms with Crippen LogP contribution in [0.3, 0.4) is 0 Å². The van der Waals surface area contributed by atoms with Crippen LogP contribution in [0.4, 0.5) is 0 Å². The van der Waals surface area contributed by atoms with E-state index in [-0.39, 0.29) is 5.92 Å². The summed E-state index contributed by atoms with van der Waals surface area (Å²) in [5.74, 6) is 0.0796. The van der Waals surface area contributed by atoms with Gasteiger partial charge in [0.2, 0.25) is 0 Å². The molecule has 2 rings (SSSR count). The third-order valence-electron chi connectivity index (χ3n) is 3.14. The predicted molar refractivity (Wildman–Crippen MR) is 89.2 cm³/mol. The molecule has 20 heavy (non-hydrogen) atoms. The molecule has 1 atom stereocenters. The summed E-state index contributed by atoms with van der Waals surface area (Å²) in [5.41, 5.74) is 8.18. The molecule has 0 saturated heterocycles. The smallest absolute Gasteiger partial charge is 0.0897 e. The minimum absolute atomic E-state index is 0.0796. The molecule has 1 aromatic heterocycles. The average Bonchev–Trinajstić information content (AvgIpc) is 2.82. The number of aromatic nitrogens is 1. The van der Waals surface area contributed by atoms with Crippen molar-refractivity contribution < 1.29 is 0 Å². The molecule has 1 heterocycles. The second-order valence-corrected chi connectivity index (χ2v) is 6.45. The highest BCUT2D eigenvalue weighted by atomic mass is 32.1. The van der Waals surface area contributed by atoms with Crippen LogP contribution in [0.25, 0.3) is 0 Å². The van der Waals surface area contributed by atoms with Crippen LogP contribution >= 0.6 is 23.6 Å². The number of benzene rings is 1. The van der Waals surface area contributed by atoms with E-state index in [0.29, 0.717) is 4.99 Å². The van der Waals surface area contributed by atoms with Gasteiger partial charge in [0, 0.05) is 24.4 Å². The second kappa shape index (κ2) is 6.92. The molecule has 0 aliphatic rings. The van der Waals surface area contributed by atoms with Gasteiger partial charge in [-0.05, 0) is 19.5 Å².